The number of carbonyl (C=O) groups excluding carboxylic acids is 2. The fourth-order valence-electron chi connectivity index (χ4n) is 3.94. The third-order valence-corrected chi connectivity index (χ3v) is 5.60. The molecular weight excluding hydrogens is 406 g/mol. The Labute approximate surface area is 186 Å². The molecule has 0 aromatic heterocycles. The fraction of sp³-hybridized carbons (Fsp3) is 0.200. The number of nitrogens with one attached hydrogen (secondary N) is 1. The lowest BCUT2D eigenvalue weighted by atomic mass is 10.1. The number of fused-ring (bicyclic) bond motifs is 1. The van der Waals surface area contributed by atoms with Gasteiger partial charge in [-0.1, -0.05) is 30.3 Å². The van der Waals surface area contributed by atoms with Gasteiger partial charge in [-0.3, -0.25) is 9.69 Å². The van der Waals surface area contributed by atoms with Gasteiger partial charge in [0.25, 0.3) is 5.91 Å². The Morgan fingerprint density at radius 1 is 0.906 bits per heavy atom. The highest BCUT2D eigenvalue weighted by Gasteiger charge is 2.26. The number of rotatable bonds is 5. The van der Waals surface area contributed by atoms with E-state index in [-0.39, 0.29) is 18.7 Å². The standard InChI is InChI=1S/C25H23N3O4/c29-24(19-7-12-22-23(15-19)32-17-31-22)26-20-8-10-21(11-9-20)28-14-4-13-27(25(28)30)16-18-5-2-1-3-6-18/h1-3,5-12,15H,4,13-14,16-17H2,(H,26,29). The second-order valence-electron chi connectivity index (χ2n) is 7.76. The highest BCUT2D eigenvalue weighted by atomic mass is 16.7. The van der Waals surface area contributed by atoms with Crippen LogP contribution in [0.25, 0.3) is 0 Å². The summed E-state index contributed by atoms with van der Waals surface area (Å²) in [4.78, 5) is 29.3. The lowest BCUT2D eigenvalue weighted by Gasteiger charge is -2.35. The van der Waals surface area contributed by atoms with Gasteiger partial charge in [-0.05, 0) is 54.4 Å². The Bertz CT molecular complexity index is 1130. The van der Waals surface area contributed by atoms with Gasteiger partial charge in [0.1, 0.15) is 0 Å². The van der Waals surface area contributed by atoms with Crippen molar-refractivity contribution < 1.29 is 19.1 Å². The quantitative estimate of drug-likeness (QED) is 0.648. The van der Waals surface area contributed by atoms with Gasteiger partial charge in [-0.25, -0.2) is 4.79 Å². The van der Waals surface area contributed by atoms with Crippen LogP contribution in [0.2, 0.25) is 0 Å². The van der Waals surface area contributed by atoms with E-state index < -0.39 is 0 Å². The van der Waals surface area contributed by atoms with Gasteiger partial charge in [0.05, 0.1) is 0 Å². The highest BCUT2D eigenvalue weighted by molar-refractivity contribution is 6.05. The summed E-state index contributed by atoms with van der Waals surface area (Å²) in [5.41, 5.74) is 3.07. The molecule has 162 valence electrons. The predicted molar refractivity (Wildman–Crippen MR) is 121 cm³/mol. The van der Waals surface area contributed by atoms with Crippen LogP contribution in [0.3, 0.4) is 0 Å². The topological polar surface area (TPSA) is 71.1 Å². The van der Waals surface area contributed by atoms with Crippen LogP contribution in [-0.2, 0) is 6.54 Å². The molecule has 0 aliphatic carbocycles. The smallest absolute Gasteiger partial charge is 0.324 e. The zero-order valence-electron chi connectivity index (χ0n) is 17.5. The van der Waals surface area contributed by atoms with Gasteiger partial charge < -0.3 is 19.7 Å². The van der Waals surface area contributed by atoms with Crippen LogP contribution in [0.4, 0.5) is 16.2 Å². The Morgan fingerprint density at radius 2 is 1.69 bits per heavy atom. The predicted octanol–water partition coefficient (Wildman–Crippen LogP) is 4.50. The second-order valence-corrected chi connectivity index (χ2v) is 7.76. The van der Waals surface area contributed by atoms with Crippen LogP contribution in [0, 0.1) is 0 Å². The molecule has 7 heteroatoms. The van der Waals surface area contributed by atoms with Crippen molar-refractivity contribution in [1.29, 1.82) is 0 Å². The minimum absolute atomic E-state index is 0.00255. The van der Waals surface area contributed by atoms with Crippen molar-refractivity contribution in [3.05, 3.63) is 83.9 Å². The number of nitrogens with zero attached hydrogens (tertiary/aromatic N) is 2. The van der Waals surface area contributed by atoms with Crippen molar-refractivity contribution in [2.24, 2.45) is 0 Å². The van der Waals surface area contributed by atoms with Crippen molar-refractivity contribution >= 4 is 23.3 Å². The maximum absolute atomic E-state index is 13.0. The Balaban J connectivity index is 1.25. The summed E-state index contributed by atoms with van der Waals surface area (Å²) in [7, 11) is 0. The minimum Gasteiger partial charge on any atom is -0.454 e. The average Bonchev–Trinajstić information content (AvgIpc) is 3.30. The first-order valence-electron chi connectivity index (χ1n) is 10.6. The molecule has 1 saturated heterocycles. The molecule has 2 aliphatic heterocycles. The molecule has 0 bridgehead atoms. The second kappa shape index (κ2) is 8.63. The number of benzene rings is 3. The first kappa shape index (κ1) is 19.9. The van der Waals surface area contributed by atoms with Gasteiger partial charge in [0.2, 0.25) is 6.79 Å². The molecule has 1 fully saturated rings. The van der Waals surface area contributed by atoms with Crippen molar-refractivity contribution in [3.63, 3.8) is 0 Å². The van der Waals surface area contributed by atoms with Crippen LogP contribution < -0.4 is 19.7 Å². The van der Waals surface area contributed by atoms with Crippen molar-refractivity contribution in [2.45, 2.75) is 13.0 Å². The Kier molecular flexibility index (Phi) is 5.37. The van der Waals surface area contributed by atoms with Crippen LogP contribution in [-0.4, -0.2) is 36.7 Å². The first-order valence-corrected chi connectivity index (χ1v) is 10.6. The maximum Gasteiger partial charge on any atom is 0.324 e. The zero-order valence-corrected chi connectivity index (χ0v) is 17.5. The summed E-state index contributed by atoms with van der Waals surface area (Å²) < 4.78 is 10.6. The molecule has 7 nitrogen and oxygen atoms in total. The summed E-state index contributed by atoms with van der Waals surface area (Å²) in [6.07, 6.45) is 0.904. The molecule has 3 aromatic rings. The fourth-order valence-corrected chi connectivity index (χ4v) is 3.94. The molecule has 0 unspecified atom stereocenters. The summed E-state index contributed by atoms with van der Waals surface area (Å²) >= 11 is 0. The van der Waals surface area contributed by atoms with Crippen molar-refractivity contribution in [3.8, 4) is 11.5 Å². The van der Waals surface area contributed by atoms with E-state index in [4.69, 9.17) is 9.47 Å². The highest BCUT2D eigenvalue weighted by Crippen LogP contribution is 2.32. The molecule has 0 radical (unpaired) electrons. The van der Waals surface area contributed by atoms with Crippen molar-refractivity contribution in [2.75, 3.05) is 30.1 Å². The van der Waals surface area contributed by atoms with E-state index in [2.05, 4.69) is 5.32 Å². The van der Waals surface area contributed by atoms with E-state index in [9.17, 15) is 9.59 Å². The summed E-state index contributed by atoms with van der Waals surface area (Å²) in [5, 5.41) is 2.88. The van der Waals surface area contributed by atoms with Crippen LogP contribution in [0.15, 0.2) is 72.8 Å². The van der Waals surface area contributed by atoms with E-state index in [0.29, 0.717) is 35.8 Å². The van der Waals surface area contributed by atoms with Gasteiger partial charge in [0, 0.05) is 36.6 Å². The molecule has 2 aliphatic rings. The van der Waals surface area contributed by atoms with E-state index in [1.807, 2.05) is 59.5 Å². The number of anilines is 2. The molecule has 3 aromatic carbocycles. The van der Waals surface area contributed by atoms with Gasteiger partial charge in [-0.2, -0.15) is 0 Å². The number of amides is 3. The zero-order chi connectivity index (χ0) is 21.9. The van der Waals surface area contributed by atoms with E-state index in [1.54, 1.807) is 23.1 Å². The lowest BCUT2D eigenvalue weighted by molar-refractivity contribution is 0.102. The summed E-state index contributed by atoms with van der Waals surface area (Å²) in [6.45, 7) is 2.18. The molecule has 5 rings (SSSR count). The van der Waals surface area contributed by atoms with Gasteiger partial charge in [0.15, 0.2) is 11.5 Å². The van der Waals surface area contributed by atoms with Crippen LogP contribution >= 0.6 is 0 Å². The van der Waals surface area contributed by atoms with E-state index in [0.717, 1.165) is 24.2 Å². The summed E-state index contributed by atoms with van der Waals surface area (Å²) in [5.74, 6) is 0.967. The largest absolute Gasteiger partial charge is 0.454 e. The maximum atomic E-state index is 13.0. The lowest BCUT2D eigenvalue weighted by Crippen LogP contribution is -2.49. The number of hydrogen-bond donors (Lipinski definition) is 1. The van der Waals surface area contributed by atoms with Crippen LogP contribution in [0.1, 0.15) is 22.3 Å². The molecule has 2 heterocycles. The SMILES string of the molecule is O=C(Nc1ccc(N2CCCN(Cc3ccccc3)C2=O)cc1)c1ccc2c(c1)OCO2. The average molecular weight is 429 g/mol. The number of ether oxygens (including phenoxy) is 2. The van der Waals surface area contributed by atoms with E-state index >= 15 is 0 Å². The third kappa shape index (κ3) is 4.09. The molecule has 0 saturated carbocycles. The third-order valence-electron chi connectivity index (χ3n) is 5.60. The normalized spacial score (nSPS) is 15.1. The Hall–Kier alpha value is -4.00. The molecular formula is C25H23N3O4. The summed E-state index contributed by atoms with van der Waals surface area (Å²) in [6, 6.07) is 22.4. The van der Waals surface area contributed by atoms with Crippen molar-refractivity contribution in [1.82, 2.24) is 4.90 Å². The van der Waals surface area contributed by atoms with Crippen LogP contribution in [0.5, 0.6) is 11.5 Å². The number of carbonyl (C=O) groups is 2. The molecule has 32 heavy (non-hydrogen) atoms. The molecule has 0 spiro atoms. The minimum atomic E-state index is -0.237. The van der Waals surface area contributed by atoms with Gasteiger partial charge in [-0.15, -0.1) is 0 Å². The molecule has 1 N–H and O–H groups in total. The Morgan fingerprint density at radius 3 is 2.50 bits per heavy atom. The van der Waals surface area contributed by atoms with E-state index in [1.165, 1.54) is 0 Å². The number of urea groups is 1. The van der Waals surface area contributed by atoms with Gasteiger partial charge >= 0.3 is 6.03 Å². The number of hydrogen-bond acceptors (Lipinski definition) is 4. The monoisotopic (exact) mass is 429 g/mol. The first-order chi connectivity index (χ1) is 15.7. The molecule has 0 atom stereocenters. The molecule has 3 amide bonds.